The fraction of sp³-hybridized carbons (Fsp3) is 0.500. The molecule has 1 heterocycles. The van der Waals surface area contributed by atoms with Gasteiger partial charge in [0.25, 0.3) is 0 Å². The van der Waals surface area contributed by atoms with Gasteiger partial charge < -0.3 is 10.1 Å². The zero-order valence-corrected chi connectivity index (χ0v) is 10.1. The molecule has 1 N–H and O–H groups in total. The minimum Gasteiger partial charge on any atom is -0.380 e. The van der Waals surface area contributed by atoms with E-state index in [0.29, 0.717) is 6.10 Å². The molecule has 1 atom stereocenters. The summed E-state index contributed by atoms with van der Waals surface area (Å²) < 4.78 is 5.05. The van der Waals surface area contributed by atoms with Crippen molar-refractivity contribution in [1.29, 1.82) is 0 Å². The molecule has 15 heavy (non-hydrogen) atoms. The van der Waals surface area contributed by atoms with Crippen molar-refractivity contribution in [3.05, 3.63) is 34.9 Å². The fourth-order valence-corrected chi connectivity index (χ4v) is 1.49. The van der Waals surface area contributed by atoms with E-state index in [1.54, 1.807) is 7.11 Å². The highest BCUT2D eigenvalue weighted by Gasteiger charge is 2.11. The van der Waals surface area contributed by atoms with E-state index >= 15 is 0 Å². The van der Waals surface area contributed by atoms with Crippen LogP contribution in [0.1, 0.15) is 12.0 Å². The maximum Gasteiger partial charge on any atom is 0.0707 e. The van der Waals surface area contributed by atoms with Gasteiger partial charge in [0, 0.05) is 18.7 Å². The van der Waals surface area contributed by atoms with Crippen molar-refractivity contribution in [2.24, 2.45) is 0 Å². The molecule has 1 aromatic carbocycles. The van der Waals surface area contributed by atoms with Crippen molar-refractivity contribution in [2.75, 3.05) is 20.2 Å². The normalized spacial score (nSPS) is 19.5. The molecule has 1 aromatic rings. The Morgan fingerprint density at radius 3 is 2.33 bits per heavy atom. The van der Waals surface area contributed by atoms with Crippen LogP contribution in [0.25, 0.3) is 0 Å². The molecule has 0 spiro atoms. The standard InChI is InChI=1S/C7H7Cl.C5H11NO/c1-6-2-4-7(8)5-3-6;1-7-5-2-3-6-4-5/h2-5H,1H3;5-6H,2-4H2,1H3/t;5-/m.0/s1. The summed E-state index contributed by atoms with van der Waals surface area (Å²) in [5.74, 6) is 0. The smallest absolute Gasteiger partial charge is 0.0707 e. The maximum absolute atomic E-state index is 5.61. The number of hydrogen-bond acceptors (Lipinski definition) is 2. The number of halogens is 1. The second-order valence-electron chi connectivity index (χ2n) is 3.65. The first kappa shape index (κ1) is 12.5. The van der Waals surface area contributed by atoms with Gasteiger partial charge in [-0.25, -0.2) is 0 Å². The van der Waals surface area contributed by atoms with Crippen LogP contribution in [-0.2, 0) is 4.74 Å². The van der Waals surface area contributed by atoms with Crippen LogP contribution in [0, 0.1) is 6.92 Å². The molecule has 1 saturated heterocycles. The van der Waals surface area contributed by atoms with Gasteiger partial charge in [0.2, 0.25) is 0 Å². The molecule has 0 saturated carbocycles. The fourth-order valence-electron chi connectivity index (χ4n) is 1.36. The van der Waals surface area contributed by atoms with Crippen molar-refractivity contribution in [3.63, 3.8) is 0 Å². The van der Waals surface area contributed by atoms with Crippen LogP contribution in [0.15, 0.2) is 24.3 Å². The zero-order valence-electron chi connectivity index (χ0n) is 9.29. The monoisotopic (exact) mass is 227 g/mol. The lowest BCUT2D eigenvalue weighted by molar-refractivity contribution is 0.119. The summed E-state index contributed by atoms with van der Waals surface area (Å²) in [6.07, 6.45) is 1.66. The Morgan fingerprint density at radius 1 is 1.33 bits per heavy atom. The van der Waals surface area contributed by atoms with Crippen LogP contribution < -0.4 is 5.32 Å². The van der Waals surface area contributed by atoms with E-state index in [0.717, 1.165) is 18.1 Å². The SMILES string of the molecule is CO[C@H]1CCNC1.Cc1ccc(Cl)cc1. The third-order valence-electron chi connectivity index (χ3n) is 2.36. The first-order valence-corrected chi connectivity index (χ1v) is 5.56. The van der Waals surface area contributed by atoms with Crippen LogP contribution in [0.4, 0.5) is 0 Å². The van der Waals surface area contributed by atoms with Crippen molar-refractivity contribution in [2.45, 2.75) is 19.4 Å². The summed E-state index contributed by atoms with van der Waals surface area (Å²) in [6.45, 7) is 4.20. The first-order valence-electron chi connectivity index (χ1n) is 5.18. The number of ether oxygens (including phenoxy) is 1. The second kappa shape index (κ2) is 6.83. The molecular formula is C12H18ClNO. The highest BCUT2D eigenvalue weighted by Crippen LogP contribution is 2.07. The zero-order chi connectivity index (χ0) is 11.1. The lowest BCUT2D eigenvalue weighted by Gasteiger charge is -2.01. The lowest BCUT2D eigenvalue weighted by Crippen LogP contribution is -2.14. The summed E-state index contributed by atoms with van der Waals surface area (Å²) in [5.41, 5.74) is 1.24. The van der Waals surface area contributed by atoms with Crippen LogP contribution in [-0.4, -0.2) is 26.3 Å². The van der Waals surface area contributed by atoms with Crippen molar-refractivity contribution < 1.29 is 4.74 Å². The van der Waals surface area contributed by atoms with Crippen molar-refractivity contribution in [1.82, 2.24) is 5.32 Å². The van der Waals surface area contributed by atoms with E-state index < -0.39 is 0 Å². The van der Waals surface area contributed by atoms with Crippen molar-refractivity contribution in [3.8, 4) is 0 Å². The van der Waals surface area contributed by atoms with Gasteiger partial charge in [-0.3, -0.25) is 0 Å². The highest BCUT2D eigenvalue weighted by atomic mass is 35.5. The third-order valence-corrected chi connectivity index (χ3v) is 2.61. The number of aryl methyl sites for hydroxylation is 1. The van der Waals surface area contributed by atoms with Gasteiger partial charge in [-0.15, -0.1) is 0 Å². The van der Waals surface area contributed by atoms with E-state index in [1.807, 2.05) is 31.2 Å². The molecule has 0 radical (unpaired) electrons. The van der Waals surface area contributed by atoms with Gasteiger partial charge in [-0.1, -0.05) is 29.3 Å². The predicted octanol–water partition coefficient (Wildman–Crippen LogP) is 2.64. The number of methoxy groups -OCH3 is 1. The Balaban J connectivity index is 0.000000151. The molecule has 1 aliphatic heterocycles. The number of benzene rings is 1. The van der Waals surface area contributed by atoms with E-state index in [1.165, 1.54) is 12.0 Å². The molecule has 0 aliphatic carbocycles. The average Bonchev–Trinajstić information content (AvgIpc) is 2.76. The van der Waals surface area contributed by atoms with Gasteiger partial charge in [-0.05, 0) is 32.0 Å². The summed E-state index contributed by atoms with van der Waals surface area (Å²) in [6, 6.07) is 7.75. The van der Waals surface area contributed by atoms with Crippen LogP contribution in [0.2, 0.25) is 5.02 Å². The molecule has 2 rings (SSSR count). The Hall–Kier alpha value is -0.570. The Bertz CT molecular complexity index is 246. The van der Waals surface area contributed by atoms with Gasteiger partial charge >= 0.3 is 0 Å². The van der Waals surface area contributed by atoms with Crippen LogP contribution in [0.5, 0.6) is 0 Å². The van der Waals surface area contributed by atoms with Crippen LogP contribution >= 0.6 is 11.6 Å². The lowest BCUT2D eigenvalue weighted by atomic mass is 10.2. The van der Waals surface area contributed by atoms with E-state index in [-0.39, 0.29) is 0 Å². The van der Waals surface area contributed by atoms with Gasteiger partial charge in [-0.2, -0.15) is 0 Å². The van der Waals surface area contributed by atoms with Gasteiger partial charge in [0.15, 0.2) is 0 Å². The number of hydrogen-bond donors (Lipinski definition) is 1. The van der Waals surface area contributed by atoms with Gasteiger partial charge in [0.1, 0.15) is 0 Å². The molecule has 3 heteroatoms. The molecular weight excluding hydrogens is 210 g/mol. The van der Waals surface area contributed by atoms with E-state index in [9.17, 15) is 0 Å². The van der Waals surface area contributed by atoms with E-state index in [4.69, 9.17) is 16.3 Å². The Labute approximate surface area is 96.6 Å². The van der Waals surface area contributed by atoms with Crippen molar-refractivity contribution >= 4 is 11.6 Å². The predicted molar refractivity (Wildman–Crippen MR) is 64.5 cm³/mol. The molecule has 0 unspecified atom stereocenters. The third kappa shape index (κ3) is 5.17. The topological polar surface area (TPSA) is 21.3 Å². The summed E-state index contributed by atoms with van der Waals surface area (Å²) in [7, 11) is 1.76. The van der Waals surface area contributed by atoms with Gasteiger partial charge in [0.05, 0.1) is 6.10 Å². The molecule has 1 fully saturated rings. The molecule has 84 valence electrons. The number of rotatable bonds is 1. The molecule has 1 aliphatic rings. The Morgan fingerprint density at radius 2 is 2.00 bits per heavy atom. The minimum absolute atomic E-state index is 0.486. The molecule has 0 aromatic heterocycles. The highest BCUT2D eigenvalue weighted by molar-refractivity contribution is 6.30. The summed E-state index contributed by atoms with van der Waals surface area (Å²) in [5, 5.41) is 4.00. The summed E-state index contributed by atoms with van der Waals surface area (Å²) >= 11 is 5.61. The summed E-state index contributed by atoms with van der Waals surface area (Å²) in [4.78, 5) is 0. The van der Waals surface area contributed by atoms with Crippen LogP contribution in [0.3, 0.4) is 0 Å². The average molecular weight is 228 g/mol. The van der Waals surface area contributed by atoms with E-state index in [2.05, 4.69) is 5.32 Å². The minimum atomic E-state index is 0.486. The Kier molecular flexibility index (Phi) is 5.69. The molecule has 0 bridgehead atoms. The largest absolute Gasteiger partial charge is 0.380 e. The number of nitrogens with one attached hydrogen (secondary N) is 1. The quantitative estimate of drug-likeness (QED) is 0.797. The maximum atomic E-state index is 5.61. The molecule has 2 nitrogen and oxygen atoms in total. The first-order chi connectivity index (χ1) is 7.22. The molecule has 0 amide bonds. The second-order valence-corrected chi connectivity index (χ2v) is 4.08.